The molecule has 146 valence electrons. The van der Waals surface area contributed by atoms with E-state index in [1.54, 1.807) is 16.8 Å². The summed E-state index contributed by atoms with van der Waals surface area (Å²) in [6.07, 6.45) is 0. The number of carbonyl (C=O) groups excluding carboxylic acids is 1. The van der Waals surface area contributed by atoms with Gasteiger partial charge in [0.25, 0.3) is 11.5 Å². The molecule has 0 spiro atoms. The summed E-state index contributed by atoms with van der Waals surface area (Å²) in [5.74, 6) is 0.939. The number of ether oxygens (including phenoxy) is 1. The Morgan fingerprint density at radius 1 is 1.11 bits per heavy atom. The van der Waals surface area contributed by atoms with Gasteiger partial charge >= 0.3 is 0 Å². The van der Waals surface area contributed by atoms with Crippen LogP contribution in [0.5, 0.6) is 5.75 Å². The molecule has 0 fully saturated rings. The van der Waals surface area contributed by atoms with Crippen molar-refractivity contribution in [2.75, 3.05) is 13.2 Å². The fourth-order valence-electron chi connectivity index (χ4n) is 2.78. The Labute approximate surface area is 162 Å². The van der Waals surface area contributed by atoms with Crippen LogP contribution in [0.3, 0.4) is 0 Å². The lowest BCUT2D eigenvalue weighted by molar-refractivity contribution is -0.123. The number of aromatic nitrogens is 4. The van der Waals surface area contributed by atoms with E-state index < -0.39 is 0 Å². The maximum Gasteiger partial charge on any atom is 0.266 e. The van der Waals surface area contributed by atoms with Crippen LogP contribution in [-0.2, 0) is 11.3 Å². The summed E-state index contributed by atoms with van der Waals surface area (Å²) in [7, 11) is 0. The second-order valence-corrected chi connectivity index (χ2v) is 6.55. The van der Waals surface area contributed by atoms with Crippen molar-refractivity contribution >= 4 is 5.91 Å². The molecule has 3 rings (SSSR count). The number of aryl methyl sites for hydroxylation is 3. The number of benzene rings is 1. The van der Waals surface area contributed by atoms with Crippen molar-refractivity contribution in [2.45, 2.75) is 27.3 Å². The second kappa shape index (κ2) is 8.51. The molecule has 0 aliphatic carbocycles. The molecule has 28 heavy (non-hydrogen) atoms. The highest BCUT2D eigenvalue weighted by Gasteiger charge is 2.08. The molecule has 1 aromatic carbocycles. The van der Waals surface area contributed by atoms with Gasteiger partial charge < -0.3 is 10.1 Å². The lowest BCUT2D eigenvalue weighted by atomic mass is 10.2. The lowest BCUT2D eigenvalue weighted by Crippen LogP contribution is -2.34. The summed E-state index contributed by atoms with van der Waals surface area (Å²) in [5, 5.41) is 11.4. The molecule has 3 aromatic rings. The van der Waals surface area contributed by atoms with Crippen LogP contribution < -0.4 is 15.6 Å². The number of nitrogens with zero attached hydrogens (tertiary/aromatic N) is 4. The summed E-state index contributed by atoms with van der Waals surface area (Å²) in [6.45, 7) is 6.21. The number of amides is 1. The molecule has 8 heteroatoms. The van der Waals surface area contributed by atoms with Gasteiger partial charge in [0.15, 0.2) is 12.4 Å². The van der Waals surface area contributed by atoms with Crippen molar-refractivity contribution in [3.8, 4) is 11.6 Å². The molecule has 0 saturated carbocycles. The van der Waals surface area contributed by atoms with Crippen LogP contribution in [0.15, 0.2) is 47.3 Å². The zero-order valence-electron chi connectivity index (χ0n) is 16.2. The van der Waals surface area contributed by atoms with Gasteiger partial charge in [0.1, 0.15) is 5.75 Å². The predicted molar refractivity (Wildman–Crippen MR) is 105 cm³/mol. The zero-order chi connectivity index (χ0) is 20.1. The molecule has 0 bridgehead atoms. The van der Waals surface area contributed by atoms with Gasteiger partial charge in [-0.2, -0.15) is 5.10 Å². The van der Waals surface area contributed by atoms with Gasteiger partial charge in [-0.1, -0.05) is 12.1 Å². The van der Waals surface area contributed by atoms with Crippen molar-refractivity contribution in [3.05, 3.63) is 69.8 Å². The molecule has 0 atom stereocenters. The minimum absolute atomic E-state index is 0.0857. The van der Waals surface area contributed by atoms with E-state index in [0.717, 1.165) is 17.0 Å². The Balaban J connectivity index is 1.55. The van der Waals surface area contributed by atoms with E-state index in [1.165, 1.54) is 10.7 Å². The van der Waals surface area contributed by atoms with Crippen LogP contribution in [0.2, 0.25) is 0 Å². The lowest BCUT2D eigenvalue weighted by Gasteiger charge is -2.10. The highest BCUT2D eigenvalue weighted by Crippen LogP contribution is 2.12. The third kappa shape index (κ3) is 4.85. The first kappa shape index (κ1) is 19.3. The third-order valence-electron chi connectivity index (χ3n) is 4.08. The number of hydrogen-bond donors (Lipinski definition) is 1. The minimum Gasteiger partial charge on any atom is -0.484 e. The average Bonchev–Trinajstić information content (AvgIpc) is 3.00. The maximum absolute atomic E-state index is 12.0. The minimum atomic E-state index is -0.260. The SMILES string of the molecule is Cc1cccc(OCC(=O)NCCn2nc(-n3nc(C)cc3C)ccc2=O)c1. The Morgan fingerprint density at radius 2 is 1.93 bits per heavy atom. The van der Waals surface area contributed by atoms with E-state index in [4.69, 9.17) is 4.74 Å². The fourth-order valence-corrected chi connectivity index (χ4v) is 2.78. The molecule has 0 unspecified atom stereocenters. The Morgan fingerprint density at radius 3 is 2.64 bits per heavy atom. The monoisotopic (exact) mass is 381 g/mol. The van der Waals surface area contributed by atoms with Crippen LogP contribution >= 0.6 is 0 Å². The van der Waals surface area contributed by atoms with Crippen LogP contribution in [0.4, 0.5) is 0 Å². The normalized spacial score (nSPS) is 10.7. The standard InChI is InChI=1S/C20H23N5O3/c1-14-5-4-6-17(11-14)28-13-19(26)21-9-10-24-20(27)8-7-18(23-24)25-16(3)12-15(2)22-25/h4-8,11-12H,9-10,13H2,1-3H3,(H,21,26). The van der Waals surface area contributed by atoms with E-state index in [1.807, 2.05) is 45.0 Å². The highest BCUT2D eigenvalue weighted by atomic mass is 16.5. The Hall–Kier alpha value is -3.42. The maximum atomic E-state index is 12.0. The Kier molecular flexibility index (Phi) is 5.88. The van der Waals surface area contributed by atoms with Gasteiger partial charge in [-0.25, -0.2) is 9.36 Å². The third-order valence-corrected chi connectivity index (χ3v) is 4.08. The smallest absolute Gasteiger partial charge is 0.266 e. The molecule has 0 saturated heterocycles. The second-order valence-electron chi connectivity index (χ2n) is 6.55. The van der Waals surface area contributed by atoms with E-state index in [0.29, 0.717) is 11.6 Å². The van der Waals surface area contributed by atoms with Crippen molar-refractivity contribution in [3.63, 3.8) is 0 Å². The summed E-state index contributed by atoms with van der Waals surface area (Å²) in [4.78, 5) is 24.0. The van der Waals surface area contributed by atoms with Crippen LogP contribution in [0.25, 0.3) is 5.82 Å². The first-order valence-corrected chi connectivity index (χ1v) is 9.00. The van der Waals surface area contributed by atoms with Gasteiger partial charge in [-0.05, 0) is 50.6 Å². The quantitative estimate of drug-likeness (QED) is 0.671. The van der Waals surface area contributed by atoms with E-state index in [2.05, 4.69) is 15.5 Å². The van der Waals surface area contributed by atoms with Crippen molar-refractivity contribution in [2.24, 2.45) is 0 Å². The summed E-state index contributed by atoms with van der Waals surface area (Å²) < 4.78 is 8.45. The number of rotatable bonds is 7. The Bertz CT molecular complexity index is 1040. The van der Waals surface area contributed by atoms with Crippen molar-refractivity contribution < 1.29 is 9.53 Å². The molecule has 0 radical (unpaired) electrons. The van der Waals surface area contributed by atoms with Crippen LogP contribution in [0.1, 0.15) is 17.0 Å². The highest BCUT2D eigenvalue weighted by molar-refractivity contribution is 5.77. The summed E-state index contributed by atoms with van der Waals surface area (Å²) in [6, 6.07) is 12.5. The molecule has 2 aromatic heterocycles. The first-order chi connectivity index (χ1) is 13.4. The molecule has 0 aliphatic heterocycles. The van der Waals surface area contributed by atoms with E-state index in [-0.39, 0.29) is 31.2 Å². The van der Waals surface area contributed by atoms with E-state index >= 15 is 0 Å². The van der Waals surface area contributed by atoms with Crippen molar-refractivity contribution in [1.82, 2.24) is 24.9 Å². The summed E-state index contributed by atoms with van der Waals surface area (Å²) in [5.41, 5.74) is 2.62. The van der Waals surface area contributed by atoms with Gasteiger partial charge in [0.05, 0.1) is 12.2 Å². The molecule has 8 nitrogen and oxygen atoms in total. The summed E-state index contributed by atoms with van der Waals surface area (Å²) >= 11 is 0. The molecular weight excluding hydrogens is 358 g/mol. The van der Waals surface area contributed by atoms with Crippen LogP contribution in [-0.4, -0.2) is 38.6 Å². The predicted octanol–water partition coefficient (Wildman–Crippen LogP) is 1.55. The molecule has 2 heterocycles. The van der Waals surface area contributed by atoms with E-state index in [9.17, 15) is 9.59 Å². The van der Waals surface area contributed by atoms with Crippen molar-refractivity contribution in [1.29, 1.82) is 0 Å². The fraction of sp³-hybridized carbons (Fsp3) is 0.300. The van der Waals surface area contributed by atoms with Crippen LogP contribution in [0, 0.1) is 20.8 Å². The zero-order valence-corrected chi connectivity index (χ0v) is 16.2. The van der Waals surface area contributed by atoms with Gasteiger partial charge in [0.2, 0.25) is 0 Å². The average molecular weight is 381 g/mol. The molecule has 1 amide bonds. The van der Waals surface area contributed by atoms with Gasteiger partial charge in [0, 0.05) is 18.3 Å². The first-order valence-electron chi connectivity index (χ1n) is 9.00. The van der Waals surface area contributed by atoms with Gasteiger partial charge in [-0.15, -0.1) is 5.10 Å². The number of hydrogen-bond acceptors (Lipinski definition) is 5. The topological polar surface area (TPSA) is 91.0 Å². The number of carbonyl (C=O) groups is 1. The molecule has 1 N–H and O–H groups in total. The number of nitrogens with one attached hydrogen (secondary N) is 1. The molecule has 0 aliphatic rings. The molecular formula is C20H23N5O3. The largest absolute Gasteiger partial charge is 0.484 e. The van der Waals surface area contributed by atoms with Gasteiger partial charge in [-0.3, -0.25) is 9.59 Å².